The molecule has 0 aliphatic carbocycles. The number of ether oxygens (including phenoxy) is 1. The lowest BCUT2D eigenvalue weighted by Crippen LogP contribution is -2.39. The van der Waals surface area contributed by atoms with Gasteiger partial charge in [-0.3, -0.25) is 9.59 Å². The maximum absolute atomic E-state index is 11.8. The van der Waals surface area contributed by atoms with Crippen molar-refractivity contribution >= 4 is 11.9 Å². The van der Waals surface area contributed by atoms with Gasteiger partial charge < -0.3 is 15.2 Å². The van der Waals surface area contributed by atoms with Crippen LogP contribution in [-0.2, 0) is 16.0 Å². The zero-order valence-electron chi connectivity index (χ0n) is 12.3. The number of carboxylic acid groups (broad SMARTS) is 1. The molecule has 0 aliphatic heterocycles. The van der Waals surface area contributed by atoms with Crippen LogP contribution in [0.1, 0.15) is 25.0 Å². The number of nitrogens with one attached hydrogen (secondary N) is 1. The first-order chi connectivity index (χ1) is 9.26. The van der Waals surface area contributed by atoms with Crippen molar-refractivity contribution in [3.63, 3.8) is 0 Å². The highest BCUT2D eigenvalue weighted by molar-refractivity contribution is 5.80. The number of aliphatic carboxylic acids is 1. The second-order valence-electron chi connectivity index (χ2n) is 5.45. The van der Waals surface area contributed by atoms with Gasteiger partial charge in [0.05, 0.1) is 18.9 Å². The van der Waals surface area contributed by atoms with E-state index in [4.69, 9.17) is 9.84 Å². The highest BCUT2D eigenvalue weighted by Gasteiger charge is 2.27. The van der Waals surface area contributed by atoms with Crippen LogP contribution in [0.5, 0.6) is 5.75 Å². The van der Waals surface area contributed by atoms with Crippen molar-refractivity contribution in [1.29, 1.82) is 0 Å². The summed E-state index contributed by atoms with van der Waals surface area (Å²) in [6, 6.07) is 5.57. The zero-order valence-corrected chi connectivity index (χ0v) is 12.3. The first-order valence-electron chi connectivity index (χ1n) is 6.40. The van der Waals surface area contributed by atoms with Crippen LogP contribution in [0.4, 0.5) is 0 Å². The molecule has 0 spiro atoms. The molecule has 1 aromatic rings. The van der Waals surface area contributed by atoms with Gasteiger partial charge in [-0.15, -0.1) is 0 Å². The molecule has 0 heterocycles. The Morgan fingerprint density at radius 3 is 2.55 bits per heavy atom. The Balaban J connectivity index is 2.61. The fourth-order valence-corrected chi connectivity index (χ4v) is 1.62. The Hall–Kier alpha value is -2.04. The van der Waals surface area contributed by atoms with Crippen molar-refractivity contribution in [2.45, 2.75) is 27.2 Å². The first kappa shape index (κ1) is 16.0. The molecule has 5 heteroatoms. The third-order valence-corrected chi connectivity index (χ3v) is 3.14. The minimum atomic E-state index is -0.972. The summed E-state index contributed by atoms with van der Waals surface area (Å²) in [6.07, 6.45) is 0.201. The van der Waals surface area contributed by atoms with E-state index in [9.17, 15) is 9.59 Å². The molecule has 2 N–H and O–H groups in total. The highest BCUT2D eigenvalue weighted by atomic mass is 16.5. The Morgan fingerprint density at radius 2 is 2.00 bits per heavy atom. The fraction of sp³-hybridized carbons (Fsp3) is 0.467. The molecule has 0 aromatic heterocycles. The third kappa shape index (κ3) is 4.26. The molecule has 1 aromatic carbocycles. The molecular formula is C15H21NO4. The Bertz CT molecular complexity index is 509. The quantitative estimate of drug-likeness (QED) is 0.832. The van der Waals surface area contributed by atoms with Crippen molar-refractivity contribution in [3.8, 4) is 5.75 Å². The Labute approximate surface area is 118 Å². The minimum Gasteiger partial charge on any atom is -0.496 e. The van der Waals surface area contributed by atoms with Crippen molar-refractivity contribution in [1.82, 2.24) is 5.32 Å². The van der Waals surface area contributed by atoms with Crippen LogP contribution in [0.15, 0.2) is 18.2 Å². The Kier molecular flexibility index (Phi) is 5.13. The van der Waals surface area contributed by atoms with E-state index in [1.165, 1.54) is 0 Å². The Morgan fingerprint density at radius 1 is 1.35 bits per heavy atom. The normalized spacial score (nSPS) is 11.0. The average molecular weight is 279 g/mol. The molecule has 0 unspecified atom stereocenters. The van der Waals surface area contributed by atoms with Gasteiger partial charge >= 0.3 is 5.97 Å². The zero-order chi connectivity index (χ0) is 15.3. The van der Waals surface area contributed by atoms with Gasteiger partial charge in [0.2, 0.25) is 5.91 Å². The predicted molar refractivity (Wildman–Crippen MR) is 75.9 cm³/mol. The van der Waals surface area contributed by atoms with Crippen LogP contribution in [0.25, 0.3) is 0 Å². The lowest BCUT2D eigenvalue weighted by Gasteiger charge is -2.19. The van der Waals surface area contributed by atoms with Crippen molar-refractivity contribution in [3.05, 3.63) is 29.3 Å². The third-order valence-electron chi connectivity index (χ3n) is 3.14. The predicted octanol–water partition coefficient (Wildman–Crippen LogP) is 1.77. The number of carboxylic acids is 1. The lowest BCUT2D eigenvalue weighted by molar-refractivity contribution is -0.146. The topological polar surface area (TPSA) is 75.6 Å². The van der Waals surface area contributed by atoms with Crippen molar-refractivity contribution in [2.75, 3.05) is 13.7 Å². The van der Waals surface area contributed by atoms with Crippen LogP contribution in [-0.4, -0.2) is 30.6 Å². The summed E-state index contributed by atoms with van der Waals surface area (Å²) >= 11 is 0. The van der Waals surface area contributed by atoms with Crippen LogP contribution in [0.3, 0.4) is 0 Å². The van der Waals surface area contributed by atoms with Crippen molar-refractivity contribution < 1.29 is 19.4 Å². The van der Waals surface area contributed by atoms with Crippen LogP contribution in [0, 0.1) is 12.3 Å². The maximum Gasteiger partial charge on any atom is 0.310 e. The highest BCUT2D eigenvalue weighted by Crippen LogP contribution is 2.19. The average Bonchev–Trinajstić information content (AvgIpc) is 2.38. The van der Waals surface area contributed by atoms with Gasteiger partial charge in [0, 0.05) is 6.54 Å². The van der Waals surface area contributed by atoms with E-state index >= 15 is 0 Å². The summed E-state index contributed by atoms with van der Waals surface area (Å²) in [5.74, 6) is -0.402. The smallest absolute Gasteiger partial charge is 0.310 e. The summed E-state index contributed by atoms with van der Waals surface area (Å²) in [4.78, 5) is 22.8. The molecule has 1 amide bonds. The van der Waals surface area contributed by atoms with Crippen LogP contribution in [0.2, 0.25) is 0 Å². The molecule has 20 heavy (non-hydrogen) atoms. The van der Waals surface area contributed by atoms with Gasteiger partial charge in [0.1, 0.15) is 5.75 Å². The summed E-state index contributed by atoms with van der Waals surface area (Å²) in [5.41, 5.74) is 0.863. The molecule has 110 valence electrons. The largest absolute Gasteiger partial charge is 0.496 e. The standard InChI is InChI=1S/C15H21NO4/c1-10-5-6-11(7-12(10)20-4)8-13(17)16-9-15(2,3)14(18)19/h5-7H,8-9H2,1-4H3,(H,16,17)(H,18,19). The molecule has 0 aliphatic rings. The maximum atomic E-state index is 11.8. The number of methoxy groups -OCH3 is 1. The number of carbonyl (C=O) groups excluding carboxylic acids is 1. The molecule has 1 rings (SSSR count). The fourth-order valence-electron chi connectivity index (χ4n) is 1.62. The SMILES string of the molecule is COc1cc(CC(=O)NCC(C)(C)C(=O)O)ccc1C. The van der Waals surface area contributed by atoms with E-state index < -0.39 is 11.4 Å². The minimum absolute atomic E-state index is 0.101. The second kappa shape index (κ2) is 6.41. The van der Waals surface area contributed by atoms with Gasteiger partial charge in [-0.25, -0.2) is 0 Å². The number of aryl methyl sites for hydroxylation is 1. The molecule has 5 nitrogen and oxygen atoms in total. The van der Waals surface area contributed by atoms with Gasteiger partial charge in [0.25, 0.3) is 0 Å². The summed E-state index contributed by atoms with van der Waals surface area (Å²) in [5, 5.41) is 11.6. The molecule has 0 saturated carbocycles. The lowest BCUT2D eigenvalue weighted by atomic mass is 9.94. The summed E-state index contributed by atoms with van der Waals surface area (Å²) in [6.45, 7) is 5.18. The number of hydrogen-bond donors (Lipinski definition) is 2. The second-order valence-corrected chi connectivity index (χ2v) is 5.45. The van der Waals surface area contributed by atoms with Crippen molar-refractivity contribution in [2.24, 2.45) is 5.41 Å². The number of hydrogen-bond acceptors (Lipinski definition) is 3. The molecular weight excluding hydrogens is 258 g/mol. The molecule has 0 fully saturated rings. The van der Waals surface area contributed by atoms with E-state index in [1.807, 2.05) is 25.1 Å². The molecule has 0 bridgehead atoms. The first-order valence-corrected chi connectivity index (χ1v) is 6.40. The number of rotatable bonds is 6. The van der Waals surface area contributed by atoms with Gasteiger partial charge in [-0.05, 0) is 38.0 Å². The van der Waals surface area contributed by atoms with Gasteiger partial charge in [-0.1, -0.05) is 12.1 Å². The molecule has 0 atom stereocenters. The molecule has 0 saturated heterocycles. The summed E-state index contributed by atoms with van der Waals surface area (Å²) in [7, 11) is 1.58. The van der Waals surface area contributed by atoms with E-state index in [0.29, 0.717) is 0 Å². The number of benzene rings is 1. The number of amides is 1. The van der Waals surface area contributed by atoms with E-state index in [1.54, 1.807) is 21.0 Å². The van der Waals surface area contributed by atoms with Crippen LogP contribution < -0.4 is 10.1 Å². The van der Waals surface area contributed by atoms with E-state index in [0.717, 1.165) is 16.9 Å². The van der Waals surface area contributed by atoms with E-state index in [2.05, 4.69) is 5.32 Å². The number of carbonyl (C=O) groups is 2. The summed E-state index contributed by atoms with van der Waals surface area (Å²) < 4.78 is 5.20. The van der Waals surface area contributed by atoms with Gasteiger partial charge in [0.15, 0.2) is 0 Å². The molecule has 0 radical (unpaired) electrons. The van der Waals surface area contributed by atoms with Gasteiger partial charge in [-0.2, -0.15) is 0 Å². The van der Waals surface area contributed by atoms with E-state index in [-0.39, 0.29) is 18.9 Å². The monoisotopic (exact) mass is 279 g/mol. The van der Waals surface area contributed by atoms with Crippen LogP contribution >= 0.6 is 0 Å².